The molecular formula is C16H12F3NO2S2. The minimum Gasteiger partial charge on any atom is -0.349 e. The largest absolute Gasteiger partial charge is 0.416 e. The molecule has 8 heteroatoms. The molecule has 0 spiro atoms. The maximum atomic E-state index is 12.7. The van der Waals surface area contributed by atoms with Gasteiger partial charge in [-0.2, -0.15) is 13.2 Å². The van der Waals surface area contributed by atoms with E-state index >= 15 is 0 Å². The molecule has 3 rings (SSSR count). The van der Waals surface area contributed by atoms with Gasteiger partial charge < -0.3 is 5.32 Å². The lowest BCUT2D eigenvalue weighted by Crippen LogP contribution is -2.11. The predicted octanol–water partition coefficient (Wildman–Crippen LogP) is 4.64. The fraction of sp³-hybridized carbons (Fsp3) is 0.125. The number of nitrogens with one attached hydrogen (secondary N) is 1. The van der Waals surface area contributed by atoms with Crippen molar-refractivity contribution in [3.05, 3.63) is 70.1 Å². The van der Waals surface area contributed by atoms with Crippen molar-refractivity contribution in [3.63, 3.8) is 0 Å². The number of anilines is 1. The highest BCUT2D eigenvalue weighted by Gasteiger charge is 2.30. The Hall–Kier alpha value is -1.93. The molecule has 0 amide bonds. The molecule has 126 valence electrons. The summed E-state index contributed by atoms with van der Waals surface area (Å²) in [7, 11) is -3.55. The number of rotatable bonds is 3. The van der Waals surface area contributed by atoms with E-state index in [4.69, 9.17) is 0 Å². The molecular weight excluding hydrogens is 359 g/mol. The molecule has 1 aliphatic rings. The molecule has 0 aliphatic carbocycles. The van der Waals surface area contributed by atoms with Gasteiger partial charge in [-0.1, -0.05) is 30.3 Å². The van der Waals surface area contributed by atoms with Crippen LogP contribution in [0.25, 0.3) is 0 Å². The zero-order valence-electron chi connectivity index (χ0n) is 12.2. The summed E-state index contributed by atoms with van der Waals surface area (Å²) in [6, 6.07) is 11.5. The molecule has 0 bridgehead atoms. The molecule has 2 aromatic rings. The Morgan fingerprint density at radius 1 is 1.04 bits per heavy atom. The number of benzene rings is 2. The second kappa shape index (κ2) is 6.18. The van der Waals surface area contributed by atoms with Crippen molar-refractivity contribution < 1.29 is 21.6 Å². The quantitative estimate of drug-likeness (QED) is 0.854. The smallest absolute Gasteiger partial charge is 0.349 e. The molecule has 1 N–H and O–H groups in total. The summed E-state index contributed by atoms with van der Waals surface area (Å²) >= 11 is 1.14. The van der Waals surface area contributed by atoms with Crippen molar-refractivity contribution in [2.24, 2.45) is 0 Å². The average Bonchev–Trinajstić information content (AvgIpc) is 2.52. The van der Waals surface area contributed by atoms with E-state index in [0.717, 1.165) is 29.3 Å². The van der Waals surface area contributed by atoms with E-state index in [2.05, 4.69) is 5.32 Å². The fourth-order valence-electron chi connectivity index (χ4n) is 2.25. The van der Waals surface area contributed by atoms with Crippen molar-refractivity contribution >= 4 is 27.3 Å². The Morgan fingerprint density at radius 2 is 1.79 bits per heavy atom. The number of sulfone groups is 1. The SMILES string of the molecule is O=S1(=O)C=C(SCc2cccc(C(F)(F)F)c2)Nc2ccccc21. The Labute approximate surface area is 141 Å². The van der Waals surface area contributed by atoms with Crippen molar-refractivity contribution in [3.8, 4) is 0 Å². The molecule has 0 saturated carbocycles. The highest BCUT2D eigenvalue weighted by Crippen LogP contribution is 2.35. The summed E-state index contributed by atoms with van der Waals surface area (Å²) in [6.45, 7) is 0. The number of halogens is 3. The third kappa shape index (κ3) is 3.59. The van der Waals surface area contributed by atoms with Gasteiger partial charge in [-0.3, -0.25) is 0 Å². The molecule has 1 heterocycles. The monoisotopic (exact) mass is 371 g/mol. The van der Waals surface area contributed by atoms with Gasteiger partial charge in [0.1, 0.15) is 0 Å². The summed E-state index contributed by atoms with van der Waals surface area (Å²) in [6.07, 6.45) is -4.40. The lowest BCUT2D eigenvalue weighted by molar-refractivity contribution is -0.137. The van der Waals surface area contributed by atoms with Gasteiger partial charge in [0.05, 0.1) is 26.6 Å². The molecule has 2 aromatic carbocycles. The maximum absolute atomic E-state index is 12.7. The zero-order valence-corrected chi connectivity index (χ0v) is 13.8. The molecule has 0 radical (unpaired) electrons. The van der Waals surface area contributed by atoms with Crippen molar-refractivity contribution in [2.45, 2.75) is 16.8 Å². The highest BCUT2D eigenvalue weighted by molar-refractivity contribution is 8.03. The third-order valence-corrected chi connectivity index (χ3v) is 6.04. The zero-order chi connectivity index (χ0) is 17.4. The van der Waals surface area contributed by atoms with Crippen molar-refractivity contribution in [1.29, 1.82) is 0 Å². The van der Waals surface area contributed by atoms with Gasteiger partial charge >= 0.3 is 6.18 Å². The third-order valence-electron chi connectivity index (χ3n) is 3.36. The van der Waals surface area contributed by atoms with Crippen LogP contribution in [0, 0.1) is 0 Å². The van der Waals surface area contributed by atoms with Gasteiger partial charge in [-0.25, -0.2) is 8.42 Å². The fourth-order valence-corrected chi connectivity index (χ4v) is 4.75. The van der Waals surface area contributed by atoms with Crippen molar-refractivity contribution in [2.75, 3.05) is 5.32 Å². The molecule has 0 aromatic heterocycles. The van der Waals surface area contributed by atoms with Crippen molar-refractivity contribution in [1.82, 2.24) is 0 Å². The van der Waals surface area contributed by atoms with Gasteiger partial charge in [0.15, 0.2) is 0 Å². The van der Waals surface area contributed by atoms with Crippen LogP contribution in [0.1, 0.15) is 11.1 Å². The minimum atomic E-state index is -4.40. The second-order valence-electron chi connectivity index (χ2n) is 5.14. The number of hydrogen-bond acceptors (Lipinski definition) is 4. The van der Waals surface area contributed by atoms with Crippen LogP contribution >= 0.6 is 11.8 Å². The van der Waals surface area contributed by atoms with Crippen LogP contribution in [0.4, 0.5) is 18.9 Å². The molecule has 0 atom stereocenters. The molecule has 1 aliphatic heterocycles. The Kier molecular flexibility index (Phi) is 4.35. The first-order chi connectivity index (χ1) is 11.3. The van der Waals surface area contributed by atoms with Crippen LogP contribution in [0.3, 0.4) is 0 Å². The lowest BCUT2D eigenvalue weighted by Gasteiger charge is -2.18. The average molecular weight is 371 g/mol. The predicted molar refractivity (Wildman–Crippen MR) is 88.1 cm³/mol. The van der Waals surface area contributed by atoms with Crippen LogP contribution in [0.15, 0.2) is 63.9 Å². The van der Waals surface area contributed by atoms with Crippen LogP contribution in [0.5, 0.6) is 0 Å². The summed E-state index contributed by atoms with van der Waals surface area (Å²) in [4.78, 5) is 0.188. The number of fused-ring (bicyclic) bond motifs is 1. The van der Waals surface area contributed by atoms with E-state index in [1.54, 1.807) is 24.3 Å². The number of para-hydroxylation sites is 1. The van der Waals surface area contributed by atoms with Crippen LogP contribution in [-0.4, -0.2) is 8.42 Å². The maximum Gasteiger partial charge on any atom is 0.416 e. The van der Waals surface area contributed by atoms with Gasteiger partial charge in [-0.15, -0.1) is 11.8 Å². The van der Waals surface area contributed by atoms with Crippen LogP contribution < -0.4 is 5.32 Å². The number of thioether (sulfide) groups is 1. The van der Waals surface area contributed by atoms with Gasteiger partial charge in [-0.05, 0) is 23.8 Å². The Bertz CT molecular complexity index is 906. The normalized spacial score (nSPS) is 16.0. The number of hydrogen-bond donors (Lipinski definition) is 1. The Morgan fingerprint density at radius 3 is 2.54 bits per heavy atom. The van der Waals surface area contributed by atoms with Gasteiger partial charge in [0.2, 0.25) is 9.84 Å². The van der Waals surface area contributed by atoms with Gasteiger partial charge in [0, 0.05) is 5.75 Å². The van der Waals surface area contributed by atoms with E-state index in [1.165, 1.54) is 12.1 Å². The topological polar surface area (TPSA) is 46.2 Å². The molecule has 0 fully saturated rings. The van der Waals surface area contributed by atoms with E-state index in [0.29, 0.717) is 16.3 Å². The van der Waals surface area contributed by atoms with E-state index < -0.39 is 21.6 Å². The standard InChI is InChI=1S/C16H12F3NO2S2/c17-16(18,19)12-5-3-4-11(8-12)9-23-15-10-24(21,22)14-7-2-1-6-13(14)20-15/h1-8,10,20H,9H2. The minimum absolute atomic E-state index is 0.188. The van der Waals surface area contributed by atoms with E-state index in [-0.39, 0.29) is 10.6 Å². The van der Waals surface area contributed by atoms with Crippen LogP contribution in [0.2, 0.25) is 0 Å². The van der Waals surface area contributed by atoms with Gasteiger partial charge in [0.25, 0.3) is 0 Å². The molecule has 0 saturated heterocycles. The number of alkyl halides is 3. The molecule has 3 nitrogen and oxygen atoms in total. The Balaban J connectivity index is 1.78. The lowest BCUT2D eigenvalue weighted by atomic mass is 10.1. The summed E-state index contributed by atoms with van der Waals surface area (Å²) in [5.41, 5.74) is 0.212. The summed E-state index contributed by atoms with van der Waals surface area (Å²) in [5, 5.41) is 4.48. The molecule has 24 heavy (non-hydrogen) atoms. The summed E-state index contributed by atoms with van der Waals surface area (Å²) < 4.78 is 62.6. The second-order valence-corrected chi connectivity index (χ2v) is 7.92. The first-order valence-electron chi connectivity index (χ1n) is 6.87. The molecule has 0 unspecified atom stereocenters. The van der Waals surface area contributed by atoms with Crippen LogP contribution in [-0.2, 0) is 21.8 Å². The summed E-state index contributed by atoms with van der Waals surface area (Å²) in [5.74, 6) is 0.223. The first-order valence-corrected chi connectivity index (χ1v) is 9.41. The first kappa shape index (κ1) is 16.9. The van der Waals surface area contributed by atoms with E-state index in [9.17, 15) is 21.6 Å². The highest BCUT2D eigenvalue weighted by atomic mass is 32.2. The van der Waals surface area contributed by atoms with E-state index in [1.807, 2.05) is 0 Å².